The molecule has 2 amide bonds. The van der Waals surface area contributed by atoms with Gasteiger partial charge in [0.2, 0.25) is 0 Å². The van der Waals surface area contributed by atoms with E-state index in [0.717, 1.165) is 22.3 Å². The molecule has 4 rings (SSSR count). The Morgan fingerprint density at radius 1 is 1.03 bits per heavy atom. The molecule has 1 fully saturated rings. The number of rotatable bonds is 4. The van der Waals surface area contributed by atoms with Gasteiger partial charge in [-0.3, -0.25) is 0 Å². The van der Waals surface area contributed by atoms with Crippen molar-refractivity contribution in [2.45, 2.75) is 37.8 Å². The second kappa shape index (κ2) is 7.85. The molecule has 0 aromatic heterocycles. The number of alkyl carbamates (subject to hydrolysis) is 1. The van der Waals surface area contributed by atoms with Crippen LogP contribution in [0.25, 0.3) is 11.1 Å². The summed E-state index contributed by atoms with van der Waals surface area (Å²) >= 11 is 0. The summed E-state index contributed by atoms with van der Waals surface area (Å²) in [5.41, 5.74) is 2.04. The largest absolute Gasteiger partial charge is 0.479 e. The summed E-state index contributed by atoms with van der Waals surface area (Å²) in [6, 6.07) is 15.9. The van der Waals surface area contributed by atoms with Crippen molar-refractivity contribution in [3.8, 4) is 11.1 Å². The van der Waals surface area contributed by atoms with Gasteiger partial charge in [0, 0.05) is 5.92 Å². The summed E-state index contributed by atoms with van der Waals surface area (Å²) < 4.78 is 10.7. The summed E-state index contributed by atoms with van der Waals surface area (Å²) in [4.78, 5) is 37.7. The predicted octanol–water partition coefficient (Wildman–Crippen LogP) is 3.60. The first-order valence-corrected chi connectivity index (χ1v) is 10.4. The molecule has 0 atom stereocenters. The third kappa shape index (κ3) is 4.00. The molecule has 8 heteroatoms. The fourth-order valence-corrected chi connectivity index (χ4v) is 4.16. The fourth-order valence-electron chi connectivity index (χ4n) is 4.16. The van der Waals surface area contributed by atoms with Crippen LogP contribution in [-0.2, 0) is 14.3 Å². The van der Waals surface area contributed by atoms with E-state index in [-0.39, 0.29) is 25.6 Å². The Kier molecular flexibility index (Phi) is 5.32. The smallest absolute Gasteiger partial charge is 0.410 e. The van der Waals surface area contributed by atoms with Crippen LogP contribution < -0.4 is 5.32 Å². The van der Waals surface area contributed by atoms with Gasteiger partial charge in [-0.25, -0.2) is 14.4 Å². The van der Waals surface area contributed by atoms with E-state index in [9.17, 15) is 19.5 Å². The maximum atomic E-state index is 12.5. The van der Waals surface area contributed by atoms with Gasteiger partial charge in [-0.2, -0.15) is 0 Å². The topological polar surface area (TPSA) is 105 Å². The van der Waals surface area contributed by atoms with Crippen molar-refractivity contribution in [3.63, 3.8) is 0 Å². The zero-order chi connectivity index (χ0) is 23.1. The second-order valence-corrected chi connectivity index (χ2v) is 9.17. The first-order chi connectivity index (χ1) is 15.1. The number of carboxylic acids is 1. The average Bonchev–Trinajstić information content (AvgIpc) is 3.01. The average molecular weight is 438 g/mol. The molecule has 1 aliphatic heterocycles. The van der Waals surface area contributed by atoms with Crippen LogP contribution in [0.2, 0.25) is 0 Å². The molecule has 8 nitrogen and oxygen atoms in total. The van der Waals surface area contributed by atoms with Crippen molar-refractivity contribution in [2.24, 2.45) is 0 Å². The number of nitrogens with zero attached hydrogens (tertiary/aromatic N) is 1. The summed E-state index contributed by atoms with van der Waals surface area (Å²) in [5, 5.41) is 12.1. The summed E-state index contributed by atoms with van der Waals surface area (Å²) in [6.07, 6.45) is -1.46. The predicted molar refractivity (Wildman–Crippen MR) is 116 cm³/mol. The third-order valence-corrected chi connectivity index (χ3v) is 5.67. The zero-order valence-corrected chi connectivity index (χ0v) is 18.3. The quantitative estimate of drug-likeness (QED) is 0.756. The molecule has 1 saturated heterocycles. The van der Waals surface area contributed by atoms with Crippen LogP contribution in [0, 0.1) is 0 Å². The molecule has 2 aromatic carbocycles. The van der Waals surface area contributed by atoms with Crippen LogP contribution in [-0.4, -0.2) is 59.0 Å². The number of benzene rings is 2. The van der Waals surface area contributed by atoms with Gasteiger partial charge in [-0.1, -0.05) is 48.5 Å². The SMILES string of the molecule is CC(C)(C)OC(=O)N1CC(NC(=O)OCC2c3ccccc3-c3ccccc32)(C(=O)O)C1. The molecule has 1 aliphatic carbocycles. The number of nitrogens with one attached hydrogen (secondary N) is 1. The van der Waals surface area contributed by atoms with Crippen molar-refractivity contribution in [3.05, 3.63) is 59.7 Å². The Bertz CT molecular complexity index is 1020. The van der Waals surface area contributed by atoms with E-state index >= 15 is 0 Å². The number of hydrogen-bond donors (Lipinski definition) is 2. The Morgan fingerprint density at radius 3 is 2.06 bits per heavy atom. The highest BCUT2D eigenvalue weighted by molar-refractivity contribution is 5.88. The number of ether oxygens (including phenoxy) is 2. The van der Waals surface area contributed by atoms with Crippen molar-refractivity contribution in [1.82, 2.24) is 10.2 Å². The Hall–Kier alpha value is -3.55. The molecule has 2 aromatic rings. The van der Waals surface area contributed by atoms with E-state index < -0.39 is 29.3 Å². The van der Waals surface area contributed by atoms with Gasteiger partial charge in [-0.05, 0) is 43.0 Å². The molecular formula is C24H26N2O6. The van der Waals surface area contributed by atoms with Gasteiger partial charge >= 0.3 is 18.2 Å². The summed E-state index contributed by atoms with van der Waals surface area (Å²) in [7, 11) is 0. The molecule has 0 unspecified atom stereocenters. The number of amides is 2. The molecule has 0 spiro atoms. The minimum atomic E-state index is -1.60. The molecule has 0 radical (unpaired) electrons. The number of carbonyl (C=O) groups is 3. The lowest BCUT2D eigenvalue weighted by Crippen LogP contribution is -2.75. The maximum absolute atomic E-state index is 12.5. The van der Waals surface area contributed by atoms with Gasteiger partial charge in [-0.15, -0.1) is 0 Å². The van der Waals surface area contributed by atoms with Crippen molar-refractivity contribution in [2.75, 3.05) is 19.7 Å². The highest BCUT2D eigenvalue weighted by atomic mass is 16.6. The lowest BCUT2D eigenvalue weighted by molar-refractivity contribution is -0.151. The molecule has 2 aliphatic rings. The molecule has 168 valence electrons. The number of aliphatic carboxylic acids is 1. The van der Waals surface area contributed by atoms with Gasteiger partial charge < -0.3 is 24.8 Å². The van der Waals surface area contributed by atoms with Gasteiger partial charge in [0.15, 0.2) is 5.54 Å². The second-order valence-electron chi connectivity index (χ2n) is 9.17. The van der Waals surface area contributed by atoms with E-state index in [2.05, 4.69) is 5.32 Å². The van der Waals surface area contributed by atoms with Crippen LogP contribution in [0.4, 0.5) is 9.59 Å². The fraction of sp³-hybridized carbons (Fsp3) is 0.375. The third-order valence-electron chi connectivity index (χ3n) is 5.67. The number of hydrogen-bond acceptors (Lipinski definition) is 5. The van der Waals surface area contributed by atoms with Gasteiger partial charge in [0.25, 0.3) is 0 Å². The molecular weight excluding hydrogens is 412 g/mol. The Balaban J connectivity index is 1.40. The number of carboxylic acid groups (broad SMARTS) is 1. The highest BCUT2D eigenvalue weighted by Crippen LogP contribution is 2.44. The van der Waals surface area contributed by atoms with E-state index in [1.54, 1.807) is 20.8 Å². The van der Waals surface area contributed by atoms with Crippen LogP contribution in [0.15, 0.2) is 48.5 Å². The standard InChI is InChI=1S/C24H26N2O6/c1-23(2,3)32-22(30)26-13-24(14-26,20(27)28)25-21(29)31-12-19-17-10-6-4-8-15(17)16-9-5-7-11-18(16)19/h4-11,19H,12-14H2,1-3H3,(H,25,29)(H,27,28). The minimum absolute atomic E-state index is 0.0747. The maximum Gasteiger partial charge on any atom is 0.410 e. The number of carbonyl (C=O) groups excluding carboxylic acids is 2. The van der Waals surface area contributed by atoms with Crippen molar-refractivity contribution < 1.29 is 29.0 Å². The Morgan fingerprint density at radius 2 is 1.56 bits per heavy atom. The monoisotopic (exact) mass is 438 g/mol. The number of fused-ring (bicyclic) bond motifs is 3. The first-order valence-electron chi connectivity index (χ1n) is 10.4. The molecule has 32 heavy (non-hydrogen) atoms. The lowest BCUT2D eigenvalue weighted by atomic mass is 9.90. The van der Waals surface area contributed by atoms with Crippen molar-refractivity contribution >= 4 is 18.2 Å². The summed E-state index contributed by atoms with van der Waals surface area (Å²) in [6.45, 7) is 4.87. The van der Waals surface area contributed by atoms with E-state index in [1.807, 2.05) is 48.5 Å². The molecule has 1 heterocycles. The zero-order valence-electron chi connectivity index (χ0n) is 18.3. The van der Waals surface area contributed by atoms with E-state index in [1.165, 1.54) is 4.90 Å². The van der Waals surface area contributed by atoms with Gasteiger partial charge in [0.1, 0.15) is 12.2 Å². The van der Waals surface area contributed by atoms with Crippen LogP contribution in [0.3, 0.4) is 0 Å². The van der Waals surface area contributed by atoms with Gasteiger partial charge in [0.05, 0.1) is 13.1 Å². The first kappa shape index (κ1) is 21.7. The van der Waals surface area contributed by atoms with Crippen LogP contribution in [0.5, 0.6) is 0 Å². The molecule has 0 bridgehead atoms. The summed E-state index contributed by atoms with van der Waals surface area (Å²) in [5.74, 6) is -1.36. The molecule has 2 N–H and O–H groups in total. The minimum Gasteiger partial charge on any atom is -0.479 e. The lowest BCUT2D eigenvalue weighted by Gasteiger charge is -2.46. The Labute approximate surface area is 186 Å². The van der Waals surface area contributed by atoms with Crippen LogP contribution >= 0.6 is 0 Å². The van der Waals surface area contributed by atoms with E-state index in [0.29, 0.717) is 0 Å². The van der Waals surface area contributed by atoms with E-state index in [4.69, 9.17) is 9.47 Å². The molecule has 0 saturated carbocycles. The van der Waals surface area contributed by atoms with Crippen molar-refractivity contribution in [1.29, 1.82) is 0 Å². The highest BCUT2D eigenvalue weighted by Gasteiger charge is 2.54. The van der Waals surface area contributed by atoms with Crippen LogP contribution in [0.1, 0.15) is 37.8 Å². The number of likely N-dealkylation sites (tertiary alicyclic amines) is 1. The normalized spacial score (nSPS) is 16.4.